The number of para-hydroxylation sites is 1. The smallest absolute Gasteiger partial charge is 0.136 e. The van der Waals surface area contributed by atoms with E-state index in [1.165, 1.54) is 13.2 Å². The Morgan fingerprint density at radius 3 is 2.46 bits per heavy atom. The molecule has 1 aliphatic rings. The van der Waals surface area contributed by atoms with Gasteiger partial charge in [-0.2, -0.15) is 5.10 Å². The molecule has 1 aliphatic heterocycles. The van der Waals surface area contributed by atoms with E-state index in [9.17, 15) is 4.39 Å². The Labute approximate surface area is 165 Å². The van der Waals surface area contributed by atoms with Gasteiger partial charge in [0.2, 0.25) is 0 Å². The van der Waals surface area contributed by atoms with E-state index >= 15 is 0 Å². The molecule has 2 aromatic carbocycles. The summed E-state index contributed by atoms with van der Waals surface area (Å²) in [6, 6.07) is 14.9. The third kappa shape index (κ3) is 3.93. The number of nitrogens with zero attached hydrogens (tertiary/aromatic N) is 4. The lowest BCUT2D eigenvalue weighted by atomic mass is 10.1. The van der Waals surface area contributed by atoms with Gasteiger partial charge in [0, 0.05) is 56.1 Å². The second-order valence-corrected chi connectivity index (χ2v) is 7.21. The number of methoxy groups -OCH3 is 1. The number of piperazine rings is 1. The fourth-order valence-corrected chi connectivity index (χ4v) is 3.53. The van der Waals surface area contributed by atoms with Gasteiger partial charge in [-0.3, -0.25) is 4.90 Å². The van der Waals surface area contributed by atoms with Crippen molar-refractivity contribution in [2.75, 3.05) is 40.3 Å². The number of likely N-dealkylation sites (N-methyl/N-ethyl adjacent to an activating group) is 1. The van der Waals surface area contributed by atoms with Crippen LogP contribution in [0.1, 0.15) is 5.56 Å². The van der Waals surface area contributed by atoms with E-state index in [0.29, 0.717) is 17.0 Å². The fourth-order valence-electron chi connectivity index (χ4n) is 3.53. The first-order valence-electron chi connectivity index (χ1n) is 9.53. The highest BCUT2D eigenvalue weighted by atomic mass is 19.1. The van der Waals surface area contributed by atoms with Crippen molar-refractivity contribution >= 4 is 0 Å². The summed E-state index contributed by atoms with van der Waals surface area (Å²) in [5.41, 5.74) is 3.17. The highest BCUT2D eigenvalue weighted by Gasteiger charge is 2.20. The predicted molar refractivity (Wildman–Crippen MR) is 108 cm³/mol. The van der Waals surface area contributed by atoms with Crippen LogP contribution < -0.4 is 4.74 Å². The molecule has 0 N–H and O–H groups in total. The molecule has 0 aliphatic carbocycles. The van der Waals surface area contributed by atoms with Crippen LogP contribution in [0, 0.1) is 5.82 Å². The normalized spacial score (nSPS) is 15.7. The number of halogens is 1. The molecule has 0 amide bonds. The summed E-state index contributed by atoms with van der Waals surface area (Å²) < 4.78 is 21.8. The van der Waals surface area contributed by atoms with E-state index in [2.05, 4.69) is 16.8 Å². The molecule has 1 aromatic heterocycles. The maximum atomic E-state index is 14.8. The van der Waals surface area contributed by atoms with E-state index in [0.717, 1.165) is 44.0 Å². The summed E-state index contributed by atoms with van der Waals surface area (Å²) in [6.07, 6.45) is 2.02. The molecule has 6 heteroatoms. The molecule has 1 fully saturated rings. The third-order valence-corrected chi connectivity index (χ3v) is 5.23. The summed E-state index contributed by atoms with van der Waals surface area (Å²) in [5, 5.41) is 4.75. The van der Waals surface area contributed by atoms with Crippen LogP contribution in [0.2, 0.25) is 0 Å². The zero-order valence-electron chi connectivity index (χ0n) is 16.3. The molecule has 1 saturated heterocycles. The zero-order chi connectivity index (χ0) is 19.5. The molecule has 5 nitrogen and oxygen atoms in total. The molecule has 4 rings (SSSR count). The van der Waals surface area contributed by atoms with E-state index in [-0.39, 0.29) is 5.82 Å². The first-order chi connectivity index (χ1) is 13.6. The summed E-state index contributed by atoms with van der Waals surface area (Å²) in [6.45, 7) is 4.83. The van der Waals surface area contributed by atoms with Crippen molar-refractivity contribution in [2.24, 2.45) is 0 Å². The fraction of sp³-hybridized carbons (Fsp3) is 0.318. The molecule has 0 atom stereocenters. The van der Waals surface area contributed by atoms with Gasteiger partial charge in [0.05, 0.1) is 12.8 Å². The average Bonchev–Trinajstić information content (AvgIpc) is 3.13. The second-order valence-electron chi connectivity index (χ2n) is 7.21. The van der Waals surface area contributed by atoms with E-state index in [1.54, 1.807) is 12.1 Å². The summed E-state index contributed by atoms with van der Waals surface area (Å²) >= 11 is 0. The lowest BCUT2D eigenvalue weighted by Gasteiger charge is -2.32. The maximum Gasteiger partial charge on any atom is 0.136 e. The zero-order valence-corrected chi connectivity index (χ0v) is 16.3. The SMILES string of the molecule is COc1ccc(-c2nn(-c3ccccc3)cc2CN2CCN(C)CC2)c(F)c1. The van der Waals surface area contributed by atoms with Gasteiger partial charge in [0.15, 0.2) is 0 Å². The summed E-state index contributed by atoms with van der Waals surface area (Å²) in [5.74, 6) is 0.182. The number of benzene rings is 2. The molecule has 0 spiro atoms. The molecule has 0 saturated carbocycles. The minimum absolute atomic E-state index is 0.322. The van der Waals surface area contributed by atoms with E-state index < -0.39 is 0 Å². The second kappa shape index (κ2) is 8.12. The van der Waals surface area contributed by atoms with Crippen LogP contribution in [0.4, 0.5) is 4.39 Å². The number of hydrogen-bond acceptors (Lipinski definition) is 4. The Balaban J connectivity index is 1.72. The Morgan fingerprint density at radius 1 is 1.04 bits per heavy atom. The van der Waals surface area contributed by atoms with Gasteiger partial charge in [-0.15, -0.1) is 0 Å². The van der Waals surface area contributed by atoms with Crippen molar-refractivity contribution in [1.29, 1.82) is 0 Å². The Hall–Kier alpha value is -2.70. The van der Waals surface area contributed by atoms with Crippen molar-refractivity contribution in [2.45, 2.75) is 6.54 Å². The molecule has 0 unspecified atom stereocenters. The van der Waals surface area contributed by atoms with Crippen molar-refractivity contribution in [3.05, 3.63) is 66.1 Å². The van der Waals surface area contributed by atoms with Crippen LogP contribution in [0.15, 0.2) is 54.7 Å². The van der Waals surface area contributed by atoms with Crippen LogP contribution >= 0.6 is 0 Å². The van der Waals surface area contributed by atoms with Crippen molar-refractivity contribution in [3.63, 3.8) is 0 Å². The topological polar surface area (TPSA) is 33.5 Å². The molecule has 3 aromatic rings. The van der Waals surface area contributed by atoms with E-state index in [4.69, 9.17) is 9.84 Å². The summed E-state index contributed by atoms with van der Waals surface area (Å²) in [7, 11) is 3.68. The number of hydrogen-bond donors (Lipinski definition) is 0. The minimum atomic E-state index is -0.322. The van der Waals surface area contributed by atoms with Gasteiger partial charge in [-0.05, 0) is 31.3 Å². The highest BCUT2D eigenvalue weighted by molar-refractivity contribution is 5.65. The van der Waals surface area contributed by atoms with Crippen LogP contribution in [-0.4, -0.2) is 59.9 Å². The van der Waals surface area contributed by atoms with Gasteiger partial charge >= 0.3 is 0 Å². The first kappa shape index (κ1) is 18.7. The molecule has 146 valence electrons. The van der Waals surface area contributed by atoms with Crippen LogP contribution in [-0.2, 0) is 6.54 Å². The third-order valence-electron chi connectivity index (χ3n) is 5.23. The van der Waals surface area contributed by atoms with Crippen molar-refractivity contribution in [3.8, 4) is 22.7 Å². The lowest BCUT2D eigenvalue weighted by molar-refractivity contribution is 0.148. The van der Waals surface area contributed by atoms with Gasteiger partial charge in [-0.25, -0.2) is 9.07 Å². The molecule has 2 heterocycles. The molecule has 0 radical (unpaired) electrons. The van der Waals surface area contributed by atoms with Crippen molar-refractivity contribution < 1.29 is 9.13 Å². The minimum Gasteiger partial charge on any atom is -0.497 e. The Morgan fingerprint density at radius 2 is 1.79 bits per heavy atom. The predicted octanol–water partition coefficient (Wildman–Crippen LogP) is 3.43. The van der Waals surface area contributed by atoms with Gasteiger partial charge in [0.1, 0.15) is 17.3 Å². The van der Waals surface area contributed by atoms with Gasteiger partial charge < -0.3 is 9.64 Å². The van der Waals surface area contributed by atoms with Gasteiger partial charge in [-0.1, -0.05) is 18.2 Å². The van der Waals surface area contributed by atoms with Crippen LogP contribution in [0.5, 0.6) is 5.75 Å². The average molecular weight is 380 g/mol. The molecular weight excluding hydrogens is 355 g/mol. The largest absolute Gasteiger partial charge is 0.497 e. The van der Waals surface area contributed by atoms with Crippen LogP contribution in [0.3, 0.4) is 0 Å². The highest BCUT2D eigenvalue weighted by Crippen LogP contribution is 2.29. The molecule has 0 bridgehead atoms. The van der Waals surface area contributed by atoms with Gasteiger partial charge in [0.25, 0.3) is 0 Å². The number of rotatable bonds is 5. The Bertz CT molecular complexity index is 933. The lowest BCUT2D eigenvalue weighted by Crippen LogP contribution is -2.43. The monoisotopic (exact) mass is 380 g/mol. The quantitative estimate of drug-likeness (QED) is 0.679. The molecular formula is C22H25FN4O. The standard InChI is InChI=1S/C22H25FN4O/c1-25-10-12-26(13-11-25)15-17-16-27(18-6-4-3-5-7-18)24-22(17)20-9-8-19(28-2)14-21(20)23/h3-9,14,16H,10-13,15H2,1-2H3. The number of aromatic nitrogens is 2. The maximum absolute atomic E-state index is 14.8. The summed E-state index contributed by atoms with van der Waals surface area (Å²) in [4.78, 5) is 4.73. The van der Waals surface area contributed by atoms with E-state index in [1.807, 2.05) is 41.2 Å². The van der Waals surface area contributed by atoms with Crippen LogP contribution in [0.25, 0.3) is 16.9 Å². The number of ether oxygens (including phenoxy) is 1. The Kier molecular flexibility index (Phi) is 5.41. The van der Waals surface area contributed by atoms with Crippen molar-refractivity contribution in [1.82, 2.24) is 19.6 Å². The molecule has 28 heavy (non-hydrogen) atoms. The first-order valence-corrected chi connectivity index (χ1v) is 9.53.